The van der Waals surface area contributed by atoms with E-state index in [1.807, 2.05) is 24.3 Å². The first-order valence-corrected chi connectivity index (χ1v) is 7.10. The number of morpholine rings is 1. The topological polar surface area (TPSA) is 70.6 Å². The highest BCUT2D eigenvalue weighted by Crippen LogP contribution is 2.13. The molecule has 110 valence electrons. The number of carbonyl (C=O) groups excluding carboxylic acids is 1. The summed E-state index contributed by atoms with van der Waals surface area (Å²) in [5, 5.41) is 14.9. The first-order chi connectivity index (χ1) is 9.78. The van der Waals surface area contributed by atoms with E-state index in [4.69, 9.17) is 9.84 Å². The van der Waals surface area contributed by atoms with E-state index in [1.54, 1.807) is 0 Å². The molecule has 1 atom stereocenters. The molecule has 0 saturated carbocycles. The van der Waals surface area contributed by atoms with Gasteiger partial charge in [0.25, 0.3) is 0 Å². The predicted molar refractivity (Wildman–Crippen MR) is 77.7 cm³/mol. The van der Waals surface area contributed by atoms with Crippen molar-refractivity contribution in [3.05, 3.63) is 29.8 Å². The van der Waals surface area contributed by atoms with Gasteiger partial charge in [0.1, 0.15) is 0 Å². The van der Waals surface area contributed by atoms with Crippen LogP contribution >= 0.6 is 0 Å². The number of benzene rings is 1. The molecule has 0 aromatic heterocycles. The summed E-state index contributed by atoms with van der Waals surface area (Å²) < 4.78 is 5.51. The van der Waals surface area contributed by atoms with Crippen LogP contribution in [0.4, 0.5) is 5.69 Å². The summed E-state index contributed by atoms with van der Waals surface area (Å²) in [6.07, 6.45) is 1.88. The molecule has 1 aliphatic rings. The van der Waals surface area contributed by atoms with Gasteiger partial charge in [0, 0.05) is 25.4 Å². The Morgan fingerprint density at radius 3 is 3.15 bits per heavy atom. The van der Waals surface area contributed by atoms with Gasteiger partial charge in [0.2, 0.25) is 5.91 Å². The third-order valence-electron chi connectivity index (χ3n) is 3.25. The fraction of sp³-hybridized carbons (Fsp3) is 0.533. The molecule has 20 heavy (non-hydrogen) atoms. The van der Waals surface area contributed by atoms with Gasteiger partial charge in [0.05, 0.1) is 19.1 Å². The van der Waals surface area contributed by atoms with Crippen molar-refractivity contribution in [2.45, 2.75) is 25.4 Å². The minimum Gasteiger partial charge on any atom is -0.396 e. The van der Waals surface area contributed by atoms with Crippen molar-refractivity contribution in [1.29, 1.82) is 0 Å². The predicted octanol–water partition coefficient (Wildman–Crippen LogP) is 0.928. The zero-order valence-electron chi connectivity index (χ0n) is 11.6. The Kier molecular flexibility index (Phi) is 5.98. The van der Waals surface area contributed by atoms with Crippen LogP contribution in [0.15, 0.2) is 24.3 Å². The summed E-state index contributed by atoms with van der Waals surface area (Å²) >= 11 is 0. The van der Waals surface area contributed by atoms with Crippen LogP contribution in [0, 0.1) is 0 Å². The number of carbonyl (C=O) groups is 1. The summed E-state index contributed by atoms with van der Waals surface area (Å²) in [5.41, 5.74) is 1.92. The molecule has 1 aliphatic heterocycles. The third-order valence-corrected chi connectivity index (χ3v) is 3.25. The molecule has 0 radical (unpaired) electrons. The molecule has 1 heterocycles. The van der Waals surface area contributed by atoms with Crippen LogP contribution in [0.5, 0.6) is 0 Å². The van der Waals surface area contributed by atoms with Crippen LogP contribution < -0.4 is 10.6 Å². The molecule has 1 unspecified atom stereocenters. The average Bonchev–Trinajstić information content (AvgIpc) is 2.46. The lowest BCUT2D eigenvalue weighted by molar-refractivity contribution is -0.119. The monoisotopic (exact) mass is 278 g/mol. The Bertz CT molecular complexity index is 431. The molecule has 1 aromatic rings. The van der Waals surface area contributed by atoms with Gasteiger partial charge in [-0.15, -0.1) is 0 Å². The number of nitrogens with one attached hydrogen (secondary N) is 2. The van der Waals surface area contributed by atoms with E-state index in [1.165, 1.54) is 0 Å². The maximum Gasteiger partial charge on any atom is 0.227 e. The van der Waals surface area contributed by atoms with Gasteiger partial charge in [0.15, 0.2) is 0 Å². The Morgan fingerprint density at radius 1 is 1.50 bits per heavy atom. The summed E-state index contributed by atoms with van der Waals surface area (Å²) in [6.45, 7) is 2.42. The quantitative estimate of drug-likeness (QED) is 0.724. The maximum absolute atomic E-state index is 11.9. The number of anilines is 1. The van der Waals surface area contributed by atoms with E-state index in [0.717, 1.165) is 37.2 Å². The highest BCUT2D eigenvalue weighted by molar-refractivity contribution is 5.91. The van der Waals surface area contributed by atoms with Crippen molar-refractivity contribution in [2.24, 2.45) is 0 Å². The second kappa shape index (κ2) is 7.99. The van der Waals surface area contributed by atoms with Crippen LogP contribution in [0.1, 0.15) is 18.4 Å². The second-order valence-electron chi connectivity index (χ2n) is 4.98. The van der Waals surface area contributed by atoms with Crippen LogP contribution in [0.25, 0.3) is 0 Å². The Labute approximate surface area is 119 Å². The van der Waals surface area contributed by atoms with Crippen molar-refractivity contribution in [2.75, 3.05) is 31.6 Å². The van der Waals surface area contributed by atoms with Crippen molar-refractivity contribution in [3.8, 4) is 0 Å². The molecule has 1 fully saturated rings. The third kappa shape index (κ3) is 4.92. The molecule has 1 aromatic carbocycles. The molecular weight excluding hydrogens is 256 g/mol. The standard InChI is InChI=1S/C15H22N2O3/c18-7-2-4-12-3-1-5-13(9-12)17-15(19)10-14-11-16-6-8-20-14/h1,3,5,9,14,16,18H,2,4,6-8,10-11H2,(H,17,19). The summed E-state index contributed by atoms with van der Waals surface area (Å²) in [4.78, 5) is 11.9. The van der Waals surface area contributed by atoms with Gasteiger partial charge in [-0.25, -0.2) is 0 Å². The van der Waals surface area contributed by atoms with Gasteiger partial charge in [-0.3, -0.25) is 4.79 Å². The molecule has 0 spiro atoms. The van der Waals surface area contributed by atoms with Crippen LogP contribution in [-0.4, -0.2) is 43.4 Å². The number of rotatable bonds is 6. The average molecular weight is 278 g/mol. The van der Waals surface area contributed by atoms with Crippen molar-refractivity contribution in [3.63, 3.8) is 0 Å². The van der Waals surface area contributed by atoms with Gasteiger partial charge in [-0.2, -0.15) is 0 Å². The maximum atomic E-state index is 11.9. The zero-order valence-corrected chi connectivity index (χ0v) is 11.6. The SMILES string of the molecule is O=C(CC1CNCCO1)Nc1cccc(CCCO)c1. The van der Waals surface area contributed by atoms with E-state index in [-0.39, 0.29) is 18.6 Å². The molecule has 0 bridgehead atoms. The number of aryl methyl sites for hydroxylation is 1. The van der Waals surface area contributed by atoms with Crippen molar-refractivity contribution < 1.29 is 14.6 Å². The molecule has 1 saturated heterocycles. The van der Waals surface area contributed by atoms with Gasteiger partial charge < -0.3 is 20.5 Å². The molecule has 5 heteroatoms. The number of hydrogen-bond donors (Lipinski definition) is 3. The van der Waals surface area contributed by atoms with Crippen LogP contribution in [-0.2, 0) is 16.0 Å². The molecule has 0 aliphatic carbocycles. The second-order valence-corrected chi connectivity index (χ2v) is 4.98. The fourth-order valence-corrected chi connectivity index (χ4v) is 2.26. The van der Waals surface area contributed by atoms with E-state index >= 15 is 0 Å². The Balaban J connectivity index is 1.83. The largest absolute Gasteiger partial charge is 0.396 e. The summed E-state index contributed by atoms with van der Waals surface area (Å²) in [7, 11) is 0. The molecule has 5 nitrogen and oxygen atoms in total. The Hall–Kier alpha value is -1.43. The lowest BCUT2D eigenvalue weighted by Crippen LogP contribution is -2.40. The zero-order chi connectivity index (χ0) is 14.2. The number of ether oxygens (including phenoxy) is 1. The number of hydrogen-bond acceptors (Lipinski definition) is 4. The fourth-order valence-electron chi connectivity index (χ4n) is 2.26. The first-order valence-electron chi connectivity index (χ1n) is 7.10. The van der Waals surface area contributed by atoms with E-state index < -0.39 is 0 Å². The highest BCUT2D eigenvalue weighted by atomic mass is 16.5. The van der Waals surface area contributed by atoms with Gasteiger partial charge >= 0.3 is 0 Å². The lowest BCUT2D eigenvalue weighted by atomic mass is 10.1. The van der Waals surface area contributed by atoms with Crippen molar-refractivity contribution in [1.82, 2.24) is 5.32 Å². The number of amides is 1. The minimum absolute atomic E-state index is 0.0296. The molecule has 3 N–H and O–H groups in total. The molecule has 1 amide bonds. The van der Waals surface area contributed by atoms with E-state index in [9.17, 15) is 4.79 Å². The highest BCUT2D eigenvalue weighted by Gasteiger charge is 2.17. The number of aliphatic hydroxyl groups excluding tert-OH is 1. The molecule has 2 rings (SSSR count). The van der Waals surface area contributed by atoms with Crippen LogP contribution in [0.2, 0.25) is 0 Å². The van der Waals surface area contributed by atoms with Crippen molar-refractivity contribution >= 4 is 11.6 Å². The molecular formula is C15H22N2O3. The van der Waals surface area contributed by atoms with Crippen LogP contribution in [0.3, 0.4) is 0 Å². The van der Waals surface area contributed by atoms with Gasteiger partial charge in [-0.05, 0) is 30.5 Å². The Morgan fingerprint density at radius 2 is 2.40 bits per heavy atom. The summed E-state index contributed by atoms with van der Waals surface area (Å²) in [5.74, 6) is -0.0296. The van der Waals surface area contributed by atoms with E-state index in [2.05, 4.69) is 10.6 Å². The first kappa shape index (κ1) is 15.0. The lowest BCUT2D eigenvalue weighted by Gasteiger charge is -2.23. The number of aliphatic hydroxyl groups is 1. The summed E-state index contributed by atoms with van der Waals surface area (Å²) in [6, 6.07) is 7.74. The minimum atomic E-state index is -0.0404. The normalized spacial score (nSPS) is 18.8. The smallest absolute Gasteiger partial charge is 0.227 e. The van der Waals surface area contributed by atoms with Gasteiger partial charge in [-0.1, -0.05) is 12.1 Å². The van der Waals surface area contributed by atoms with E-state index in [0.29, 0.717) is 13.0 Å².